The van der Waals surface area contributed by atoms with Gasteiger partial charge < -0.3 is 20.8 Å². The second kappa shape index (κ2) is 6.96. The Balaban J connectivity index is 2.94. The van der Waals surface area contributed by atoms with Crippen LogP contribution in [0.25, 0.3) is 0 Å². The molecule has 6 heteroatoms. The third-order valence-corrected chi connectivity index (χ3v) is 3.10. The summed E-state index contributed by atoms with van der Waals surface area (Å²) in [5.41, 5.74) is 7.14. The number of rotatable bonds is 6. The number of aliphatic hydroxyl groups is 1. The van der Waals surface area contributed by atoms with E-state index in [0.717, 1.165) is 5.56 Å². The number of likely N-dealkylation sites (N-methyl/N-ethyl adjacent to an activating group) is 1. The molecule has 1 unspecified atom stereocenters. The predicted molar refractivity (Wildman–Crippen MR) is 73.5 cm³/mol. The number of oxime groups is 1. The summed E-state index contributed by atoms with van der Waals surface area (Å²) in [5, 5.41) is 20.8. The summed E-state index contributed by atoms with van der Waals surface area (Å²) < 4.78 is 5.24. The molecule has 0 aromatic heterocycles. The van der Waals surface area contributed by atoms with Crippen LogP contribution in [0.4, 0.5) is 0 Å². The maximum Gasteiger partial charge on any atom is 0.173 e. The lowest BCUT2D eigenvalue weighted by Crippen LogP contribution is -2.31. The highest BCUT2D eigenvalue weighted by Crippen LogP contribution is 2.21. The largest absolute Gasteiger partial charge is 0.496 e. The van der Waals surface area contributed by atoms with Gasteiger partial charge in [0.2, 0.25) is 0 Å². The van der Waals surface area contributed by atoms with E-state index >= 15 is 0 Å². The van der Waals surface area contributed by atoms with Gasteiger partial charge >= 0.3 is 0 Å². The van der Waals surface area contributed by atoms with Gasteiger partial charge in [0, 0.05) is 12.6 Å². The molecule has 0 fully saturated rings. The van der Waals surface area contributed by atoms with Gasteiger partial charge in [-0.1, -0.05) is 11.2 Å². The van der Waals surface area contributed by atoms with Gasteiger partial charge in [-0.3, -0.25) is 4.90 Å². The molecule has 0 aliphatic heterocycles. The molecule has 0 spiro atoms. The molecule has 0 saturated heterocycles. The van der Waals surface area contributed by atoms with Crippen LogP contribution in [0, 0.1) is 0 Å². The summed E-state index contributed by atoms with van der Waals surface area (Å²) in [5.74, 6) is 0.568. The lowest BCUT2D eigenvalue weighted by atomic mass is 10.1. The molecule has 4 N–H and O–H groups in total. The minimum atomic E-state index is 0.0143. The smallest absolute Gasteiger partial charge is 0.173 e. The maximum atomic E-state index is 9.11. The molecule has 19 heavy (non-hydrogen) atoms. The van der Waals surface area contributed by atoms with Crippen molar-refractivity contribution in [2.24, 2.45) is 10.9 Å². The SMILES string of the molecule is COc1cc(CN(C)C(C)CO)ccc1/C(N)=N/O. The Morgan fingerprint density at radius 1 is 1.53 bits per heavy atom. The molecule has 0 amide bonds. The molecule has 0 heterocycles. The van der Waals surface area contributed by atoms with Gasteiger partial charge in [0.1, 0.15) is 5.75 Å². The van der Waals surface area contributed by atoms with Crippen LogP contribution in [-0.2, 0) is 6.54 Å². The molecule has 1 atom stereocenters. The summed E-state index contributed by atoms with van der Waals surface area (Å²) in [6.45, 7) is 2.73. The fourth-order valence-corrected chi connectivity index (χ4v) is 1.68. The summed E-state index contributed by atoms with van der Waals surface area (Å²) in [4.78, 5) is 2.03. The van der Waals surface area contributed by atoms with Gasteiger partial charge in [-0.05, 0) is 31.7 Å². The molecular formula is C13H21N3O3. The first kappa shape index (κ1) is 15.3. The highest BCUT2D eigenvalue weighted by molar-refractivity contribution is 5.99. The van der Waals surface area contributed by atoms with Gasteiger partial charge in [0.05, 0.1) is 19.3 Å². The van der Waals surface area contributed by atoms with Crippen LogP contribution >= 0.6 is 0 Å². The molecule has 0 aliphatic rings. The molecule has 0 saturated carbocycles. The zero-order valence-electron chi connectivity index (χ0n) is 11.5. The van der Waals surface area contributed by atoms with Crippen molar-refractivity contribution >= 4 is 5.84 Å². The lowest BCUT2D eigenvalue weighted by molar-refractivity contribution is 0.154. The zero-order valence-corrected chi connectivity index (χ0v) is 11.5. The van der Waals surface area contributed by atoms with Crippen LogP contribution < -0.4 is 10.5 Å². The first-order chi connectivity index (χ1) is 9.03. The van der Waals surface area contributed by atoms with E-state index in [1.54, 1.807) is 6.07 Å². The van der Waals surface area contributed by atoms with E-state index in [0.29, 0.717) is 17.9 Å². The number of nitrogens with two attached hydrogens (primary N) is 1. The third kappa shape index (κ3) is 3.84. The standard InChI is InChI=1S/C13H21N3O3/c1-9(8-17)16(2)7-10-4-5-11(13(14)15-18)12(6-10)19-3/h4-6,9,17-18H,7-8H2,1-3H3,(H2,14,15). The van der Waals surface area contributed by atoms with Gasteiger partial charge in [0.15, 0.2) is 5.84 Å². The number of nitrogens with zero attached hydrogens (tertiary/aromatic N) is 2. The van der Waals surface area contributed by atoms with Crippen molar-refractivity contribution in [1.82, 2.24) is 4.90 Å². The van der Waals surface area contributed by atoms with Crippen molar-refractivity contribution < 1.29 is 15.1 Å². The summed E-state index contributed by atoms with van der Waals surface area (Å²) >= 11 is 0. The van der Waals surface area contributed by atoms with E-state index in [1.165, 1.54) is 7.11 Å². The number of amidine groups is 1. The normalized spacial score (nSPS) is 13.6. The monoisotopic (exact) mass is 267 g/mol. The molecular weight excluding hydrogens is 246 g/mol. The average molecular weight is 267 g/mol. The Bertz CT molecular complexity index is 449. The molecule has 0 radical (unpaired) electrons. The zero-order chi connectivity index (χ0) is 14.4. The Morgan fingerprint density at radius 3 is 2.74 bits per heavy atom. The van der Waals surface area contributed by atoms with E-state index < -0.39 is 0 Å². The van der Waals surface area contributed by atoms with E-state index in [-0.39, 0.29) is 18.5 Å². The minimum absolute atomic E-state index is 0.0143. The summed E-state index contributed by atoms with van der Waals surface area (Å²) in [7, 11) is 3.47. The quantitative estimate of drug-likeness (QED) is 0.304. The topological polar surface area (TPSA) is 91.3 Å². The van der Waals surface area contributed by atoms with Crippen molar-refractivity contribution in [1.29, 1.82) is 0 Å². The number of ether oxygens (including phenoxy) is 1. The maximum absolute atomic E-state index is 9.11. The Kier molecular flexibility index (Phi) is 5.59. The van der Waals surface area contributed by atoms with E-state index in [1.807, 2.05) is 31.0 Å². The summed E-state index contributed by atoms with van der Waals surface area (Å²) in [6.07, 6.45) is 0. The highest BCUT2D eigenvalue weighted by Gasteiger charge is 2.12. The number of aliphatic hydroxyl groups excluding tert-OH is 1. The van der Waals surface area contributed by atoms with Crippen LogP contribution in [0.3, 0.4) is 0 Å². The Hall–Kier alpha value is -1.79. The van der Waals surface area contributed by atoms with E-state index in [9.17, 15) is 0 Å². The van der Waals surface area contributed by atoms with Crippen LogP contribution in [0.1, 0.15) is 18.1 Å². The second-order valence-electron chi connectivity index (χ2n) is 4.47. The Morgan fingerprint density at radius 2 is 2.21 bits per heavy atom. The van der Waals surface area contributed by atoms with Gasteiger partial charge in [-0.2, -0.15) is 0 Å². The molecule has 1 rings (SSSR count). The number of benzene rings is 1. The summed E-state index contributed by atoms with van der Waals surface area (Å²) in [6, 6.07) is 5.56. The third-order valence-electron chi connectivity index (χ3n) is 3.10. The highest BCUT2D eigenvalue weighted by atomic mass is 16.5. The van der Waals surface area contributed by atoms with E-state index in [2.05, 4.69) is 5.16 Å². The molecule has 106 valence electrons. The van der Waals surface area contributed by atoms with Crippen molar-refractivity contribution in [3.05, 3.63) is 29.3 Å². The number of hydrogen-bond acceptors (Lipinski definition) is 5. The van der Waals surface area contributed by atoms with Crippen molar-refractivity contribution in [2.75, 3.05) is 20.8 Å². The van der Waals surface area contributed by atoms with Crippen molar-refractivity contribution in [3.8, 4) is 5.75 Å². The van der Waals surface area contributed by atoms with E-state index in [4.69, 9.17) is 20.8 Å². The molecule has 1 aromatic carbocycles. The van der Waals surface area contributed by atoms with Crippen LogP contribution in [0.5, 0.6) is 5.75 Å². The number of methoxy groups -OCH3 is 1. The first-order valence-corrected chi connectivity index (χ1v) is 5.99. The Labute approximate surface area is 113 Å². The number of hydrogen-bond donors (Lipinski definition) is 3. The second-order valence-corrected chi connectivity index (χ2v) is 4.47. The first-order valence-electron chi connectivity index (χ1n) is 5.99. The average Bonchev–Trinajstić information content (AvgIpc) is 2.45. The minimum Gasteiger partial charge on any atom is -0.496 e. The molecule has 0 aliphatic carbocycles. The lowest BCUT2D eigenvalue weighted by Gasteiger charge is -2.23. The van der Waals surface area contributed by atoms with Gasteiger partial charge in [0.25, 0.3) is 0 Å². The van der Waals surface area contributed by atoms with Crippen molar-refractivity contribution in [2.45, 2.75) is 19.5 Å². The van der Waals surface area contributed by atoms with Crippen LogP contribution in [-0.4, -0.2) is 47.9 Å². The molecule has 1 aromatic rings. The fourth-order valence-electron chi connectivity index (χ4n) is 1.68. The van der Waals surface area contributed by atoms with Gasteiger partial charge in [-0.15, -0.1) is 0 Å². The van der Waals surface area contributed by atoms with Gasteiger partial charge in [-0.25, -0.2) is 0 Å². The molecule has 0 bridgehead atoms. The van der Waals surface area contributed by atoms with Crippen LogP contribution in [0.2, 0.25) is 0 Å². The van der Waals surface area contributed by atoms with Crippen LogP contribution in [0.15, 0.2) is 23.4 Å². The van der Waals surface area contributed by atoms with Crippen molar-refractivity contribution in [3.63, 3.8) is 0 Å². The molecule has 6 nitrogen and oxygen atoms in total. The predicted octanol–water partition coefficient (Wildman–Crippen LogP) is 0.602. The fraction of sp³-hybridized carbons (Fsp3) is 0.462.